The lowest BCUT2D eigenvalue weighted by atomic mass is 10.0. The Morgan fingerprint density at radius 2 is 1.79 bits per heavy atom. The van der Waals surface area contributed by atoms with Crippen molar-refractivity contribution in [3.8, 4) is 22.6 Å². The fourth-order valence-electron chi connectivity index (χ4n) is 3.59. The van der Waals surface area contributed by atoms with Crippen LogP contribution in [0, 0.1) is 0 Å². The fraction of sp³-hybridized carbons (Fsp3) is 0.211. The van der Waals surface area contributed by atoms with Crippen molar-refractivity contribution in [1.82, 2.24) is 35.6 Å². The van der Waals surface area contributed by atoms with E-state index >= 15 is 0 Å². The van der Waals surface area contributed by atoms with Gasteiger partial charge in [0.15, 0.2) is 9.84 Å². The second-order valence-electron chi connectivity index (χ2n) is 7.80. The fourth-order valence-corrected chi connectivity index (χ4v) is 6.77. The number of sulfonamides is 1. The molecule has 0 unspecified atom stereocenters. The van der Waals surface area contributed by atoms with E-state index in [1.807, 2.05) is 6.07 Å². The number of carboxylic acid groups (broad SMARTS) is 1. The highest BCUT2D eigenvalue weighted by atomic mass is 32.2. The molecule has 5 rings (SSSR count). The molecule has 1 aliphatic rings. The molecule has 0 radical (unpaired) electrons. The Bertz CT molecular complexity index is 1720. The predicted molar refractivity (Wildman–Crippen MR) is 123 cm³/mol. The minimum absolute atomic E-state index is 0.0624. The van der Waals surface area contributed by atoms with Crippen LogP contribution in [0.15, 0.2) is 52.4 Å². The van der Waals surface area contributed by atoms with Crippen molar-refractivity contribution in [2.75, 3.05) is 13.1 Å². The van der Waals surface area contributed by atoms with E-state index in [4.69, 9.17) is 15.0 Å². The van der Waals surface area contributed by atoms with Crippen LogP contribution in [-0.2, 0) is 24.7 Å². The zero-order valence-corrected chi connectivity index (χ0v) is 20.4. The van der Waals surface area contributed by atoms with Gasteiger partial charge in [-0.1, -0.05) is 12.1 Å². The van der Waals surface area contributed by atoms with Crippen LogP contribution >= 0.6 is 0 Å². The second kappa shape index (κ2) is 9.74. The number of alkyl halides is 3. The SMILES string of the molecule is NS(=O)(=O)c1c(S(=O)(=O)C2CNC2)ccc(-c2cccc3ccnn23)c1-c1nn[nH]n1.O=C(O)C(F)(F)F. The largest absolute Gasteiger partial charge is 0.490 e. The number of nitrogens with one attached hydrogen (secondary N) is 2. The minimum Gasteiger partial charge on any atom is -0.475 e. The van der Waals surface area contributed by atoms with Crippen molar-refractivity contribution in [3.05, 3.63) is 42.6 Å². The molecule has 0 aliphatic carbocycles. The molecule has 0 atom stereocenters. The van der Waals surface area contributed by atoms with Gasteiger partial charge in [-0.2, -0.15) is 23.5 Å². The van der Waals surface area contributed by atoms with Crippen molar-refractivity contribution < 1.29 is 39.9 Å². The van der Waals surface area contributed by atoms with Crippen LogP contribution in [0.3, 0.4) is 0 Å². The highest BCUT2D eigenvalue weighted by molar-refractivity contribution is 7.94. The predicted octanol–water partition coefficient (Wildman–Crippen LogP) is 0.208. The van der Waals surface area contributed by atoms with Crippen molar-refractivity contribution in [2.24, 2.45) is 5.14 Å². The first-order valence-corrected chi connectivity index (χ1v) is 13.4. The molecule has 5 N–H and O–H groups in total. The summed E-state index contributed by atoms with van der Waals surface area (Å²) in [5.41, 5.74) is 1.53. The Balaban J connectivity index is 0.000000426. The molecule has 0 bridgehead atoms. The summed E-state index contributed by atoms with van der Waals surface area (Å²) in [7, 11) is -8.50. The van der Waals surface area contributed by atoms with Gasteiger partial charge in [0, 0.05) is 18.7 Å². The maximum atomic E-state index is 13.2. The monoisotopic (exact) mass is 574 g/mol. The molecule has 0 spiro atoms. The lowest BCUT2D eigenvalue weighted by Crippen LogP contribution is -2.51. The third-order valence-electron chi connectivity index (χ3n) is 5.40. The molecular formula is C19H17F3N8O6S2. The number of pyridine rings is 1. The van der Waals surface area contributed by atoms with Crippen LogP contribution < -0.4 is 10.5 Å². The summed E-state index contributed by atoms with van der Waals surface area (Å²) < 4.78 is 85.2. The van der Waals surface area contributed by atoms with Crippen LogP contribution in [-0.4, -0.2) is 82.7 Å². The summed E-state index contributed by atoms with van der Waals surface area (Å²) in [6.07, 6.45) is -3.49. The van der Waals surface area contributed by atoms with Crippen molar-refractivity contribution in [2.45, 2.75) is 21.2 Å². The van der Waals surface area contributed by atoms with Crippen LogP contribution in [0.1, 0.15) is 0 Å². The van der Waals surface area contributed by atoms with Crippen molar-refractivity contribution in [3.63, 3.8) is 0 Å². The van der Waals surface area contributed by atoms with E-state index in [0.717, 1.165) is 5.52 Å². The molecule has 4 heterocycles. The lowest BCUT2D eigenvalue weighted by molar-refractivity contribution is -0.192. The number of halogens is 3. The summed E-state index contributed by atoms with van der Waals surface area (Å²) >= 11 is 0. The van der Waals surface area contributed by atoms with Crippen molar-refractivity contribution in [1.29, 1.82) is 0 Å². The molecule has 0 saturated carbocycles. The molecule has 19 heteroatoms. The number of sulfone groups is 1. The van der Waals surface area contributed by atoms with Gasteiger partial charge in [0.1, 0.15) is 4.90 Å². The standard InChI is InChI=1S/C17H16N8O4S2.C2HF3O2/c18-31(28,29)16-14(30(26,27)11-8-19-9-11)5-4-12(15(16)17-21-23-24-22-17)13-3-1-2-10-6-7-20-25(10)13;3-2(4,5)1(6)7/h1-7,11,19H,8-9H2,(H2,18,28,29)(H,21,22,23,24);(H,6,7). The van der Waals surface area contributed by atoms with E-state index in [2.05, 4.69) is 31.0 Å². The Labute approximate surface area is 211 Å². The number of aromatic amines is 1. The van der Waals surface area contributed by atoms with Crippen LogP contribution in [0.4, 0.5) is 13.2 Å². The van der Waals surface area contributed by atoms with Gasteiger partial charge in [-0.3, -0.25) is 0 Å². The first-order chi connectivity index (χ1) is 17.7. The van der Waals surface area contributed by atoms with Gasteiger partial charge in [-0.25, -0.2) is 31.3 Å². The van der Waals surface area contributed by atoms with E-state index in [1.54, 1.807) is 28.9 Å². The zero-order valence-electron chi connectivity index (χ0n) is 18.8. The molecule has 1 fully saturated rings. The number of aliphatic carboxylic acids is 1. The molecule has 1 aromatic carbocycles. The Morgan fingerprint density at radius 1 is 1.11 bits per heavy atom. The number of hydrogen-bond donors (Lipinski definition) is 4. The van der Waals surface area contributed by atoms with Crippen LogP contribution in [0.2, 0.25) is 0 Å². The van der Waals surface area contributed by atoms with Crippen molar-refractivity contribution >= 4 is 31.3 Å². The van der Waals surface area contributed by atoms with Gasteiger partial charge >= 0.3 is 12.1 Å². The Hall–Kier alpha value is -3.94. The summed E-state index contributed by atoms with van der Waals surface area (Å²) in [6, 6.07) is 9.86. The molecular weight excluding hydrogens is 557 g/mol. The van der Waals surface area contributed by atoms with Gasteiger partial charge in [0.05, 0.1) is 33.1 Å². The number of H-pyrrole nitrogens is 1. The summed E-state index contributed by atoms with van der Waals surface area (Å²) in [6.45, 7) is 0.441. The molecule has 4 aromatic rings. The number of benzene rings is 1. The van der Waals surface area contributed by atoms with E-state index in [0.29, 0.717) is 11.3 Å². The third kappa shape index (κ3) is 5.08. The topological polar surface area (TPSA) is 215 Å². The maximum absolute atomic E-state index is 13.2. The average Bonchev–Trinajstić information content (AvgIpc) is 3.47. The van der Waals surface area contributed by atoms with E-state index in [1.165, 1.54) is 12.1 Å². The van der Waals surface area contributed by atoms with Crippen LogP contribution in [0.5, 0.6) is 0 Å². The highest BCUT2D eigenvalue weighted by Gasteiger charge is 2.39. The zero-order chi connectivity index (χ0) is 27.9. The summed E-state index contributed by atoms with van der Waals surface area (Å²) in [4.78, 5) is 7.94. The number of nitrogens with two attached hydrogens (primary N) is 1. The highest BCUT2D eigenvalue weighted by Crippen LogP contribution is 2.39. The second-order valence-corrected chi connectivity index (χ2v) is 11.5. The molecule has 3 aromatic heterocycles. The molecule has 0 amide bonds. The number of fused-ring (bicyclic) bond motifs is 1. The molecule has 202 valence electrons. The first kappa shape index (κ1) is 27.1. The Kier molecular flexibility index (Phi) is 6.95. The Morgan fingerprint density at radius 3 is 2.32 bits per heavy atom. The number of primary sulfonamides is 1. The number of rotatable bonds is 5. The van der Waals surface area contributed by atoms with Gasteiger partial charge in [0.2, 0.25) is 15.8 Å². The quantitative estimate of drug-likeness (QED) is 0.253. The van der Waals surface area contributed by atoms with E-state index in [-0.39, 0.29) is 24.5 Å². The number of hydrogen-bond acceptors (Lipinski definition) is 10. The lowest BCUT2D eigenvalue weighted by Gasteiger charge is -2.28. The number of carbonyl (C=O) groups is 1. The minimum atomic E-state index is -5.08. The van der Waals surface area contributed by atoms with Gasteiger partial charge in [0.25, 0.3) is 0 Å². The summed E-state index contributed by atoms with van der Waals surface area (Å²) in [5, 5.41) is 32.7. The third-order valence-corrected chi connectivity index (χ3v) is 8.69. The van der Waals surface area contributed by atoms with E-state index in [9.17, 15) is 30.0 Å². The molecule has 14 nitrogen and oxygen atoms in total. The maximum Gasteiger partial charge on any atom is 0.490 e. The average molecular weight is 575 g/mol. The van der Waals surface area contributed by atoms with Gasteiger partial charge in [-0.05, 0) is 29.5 Å². The van der Waals surface area contributed by atoms with E-state index < -0.39 is 47.0 Å². The number of carboxylic acids is 1. The van der Waals surface area contributed by atoms with Gasteiger partial charge in [-0.15, -0.1) is 10.2 Å². The first-order valence-electron chi connectivity index (χ1n) is 10.3. The molecule has 1 saturated heterocycles. The number of tetrazole rings is 1. The molecule has 1 aliphatic heterocycles. The summed E-state index contributed by atoms with van der Waals surface area (Å²) in [5.74, 6) is -2.86. The normalized spacial score (nSPS) is 14.5. The smallest absolute Gasteiger partial charge is 0.475 e. The number of aromatic nitrogens is 6. The van der Waals surface area contributed by atoms with Crippen LogP contribution in [0.25, 0.3) is 28.2 Å². The molecule has 38 heavy (non-hydrogen) atoms. The van der Waals surface area contributed by atoms with Gasteiger partial charge < -0.3 is 10.4 Å². The number of nitrogens with zero attached hydrogens (tertiary/aromatic N) is 5.